The highest BCUT2D eigenvalue weighted by Gasteiger charge is 2.00. The molecular weight excluding hydrogens is 328 g/mol. The lowest BCUT2D eigenvalue weighted by Gasteiger charge is -2.04. The zero-order chi connectivity index (χ0) is 18.7. The average Bonchev–Trinajstić information content (AvgIpc) is 2.57. The molecule has 0 aromatic heterocycles. The summed E-state index contributed by atoms with van der Waals surface area (Å²) in [4.78, 5) is 21.0. The van der Waals surface area contributed by atoms with Crippen molar-refractivity contribution in [2.45, 2.75) is 6.92 Å². The van der Waals surface area contributed by atoms with Gasteiger partial charge >= 0.3 is 12.1 Å². The molecule has 0 unspecified atom stereocenters. The fourth-order valence-corrected chi connectivity index (χ4v) is 1.59. The molecule has 2 aromatic rings. The normalized spacial score (nSPS) is 9.32. The number of carbonyl (C=O) groups is 2. The van der Waals surface area contributed by atoms with Crippen LogP contribution in [0, 0.1) is 0 Å². The highest BCUT2D eigenvalue weighted by Crippen LogP contribution is 2.14. The number of aromatic hydroxyl groups is 2. The molecule has 0 aliphatic rings. The summed E-state index contributed by atoms with van der Waals surface area (Å²) in [5.41, 5.74) is 1.27. The summed E-state index contributed by atoms with van der Waals surface area (Å²) in [6.07, 6.45) is -0.492. The van der Waals surface area contributed by atoms with Gasteiger partial charge in [-0.05, 0) is 55.5 Å². The molecule has 0 saturated heterocycles. The van der Waals surface area contributed by atoms with Gasteiger partial charge < -0.3 is 25.4 Å². The second kappa shape index (κ2) is 10.4. The number of anilines is 2. The Balaban J connectivity index is 0.000000251. The van der Waals surface area contributed by atoms with Gasteiger partial charge in [0, 0.05) is 11.4 Å². The predicted octanol–water partition coefficient (Wildman–Crippen LogP) is 2.85. The van der Waals surface area contributed by atoms with Gasteiger partial charge in [0.1, 0.15) is 18.0 Å². The van der Waals surface area contributed by atoms with E-state index < -0.39 is 12.1 Å². The molecule has 5 N–H and O–H groups in total. The number of aliphatic carboxylic acids is 1. The number of rotatable bonds is 5. The zero-order valence-corrected chi connectivity index (χ0v) is 13.6. The largest absolute Gasteiger partial charge is 0.508 e. The topological polar surface area (TPSA) is 128 Å². The second-order valence-electron chi connectivity index (χ2n) is 4.69. The Morgan fingerprint density at radius 3 is 1.84 bits per heavy atom. The Morgan fingerprint density at radius 1 is 0.920 bits per heavy atom. The number of ether oxygens (including phenoxy) is 1. The number of hydrogen-bond acceptors (Lipinski definition) is 6. The van der Waals surface area contributed by atoms with Crippen LogP contribution in [0.1, 0.15) is 6.92 Å². The molecule has 0 atom stereocenters. The van der Waals surface area contributed by atoms with E-state index in [1.54, 1.807) is 31.2 Å². The van der Waals surface area contributed by atoms with Gasteiger partial charge in [0.05, 0.1) is 6.61 Å². The van der Waals surface area contributed by atoms with Gasteiger partial charge in [0.25, 0.3) is 0 Å². The van der Waals surface area contributed by atoms with Crippen LogP contribution in [0.15, 0.2) is 48.5 Å². The van der Waals surface area contributed by atoms with E-state index in [0.717, 1.165) is 0 Å². The monoisotopic (exact) mass is 348 g/mol. The van der Waals surface area contributed by atoms with Crippen molar-refractivity contribution in [1.29, 1.82) is 0 Å². The molecular formula is C17H20N2O6. The molecule has 134 valence electrons. The molecule has 0 aliphatic heterocycles. The number of phenols is 2. The lowest BCUT2D eigenvalue weighted by atomic mass is 10.3. The SMILES string of the molecule is CCOC(=O)Nc1ccc(O)cc1.O=C(O)CNc1ccc(O)cc1. The third-order valence-corrected chi connectivity index (χ3v) is 2.70. The first kappa shape index (κ1) is 19.6. The molecule has 2 aromatic carbocycles. The second-order valence-corrected chi connectivity index (χ2v) is 4.69. The maximum Gasteiger partial charge on any atom is 0.411 e. The van der Waals surface area contributed by atoms with Crippen LogP contribution >= 0.6 is 0 Å². The van der Waals surface area contributed by atoms with Gasteiger partial charge in [-0.2, -0.15) is 0 Å². The quantitative estimate of drug-likeness (QED) is 0.526. The van der Waals surface area contributed by atoms with Crippen LogP contribution in [0.5, 0.6) is 11.5 Å². The smallest absolute Gasteiger partial charge is 0.411 e. The van der Waals surface area contributed by atoms with E-state index in [2.05, 4.69) is 15.4 Å². The molecule has 0 aliphatic carbocycles. The number of amides is 1. The minimum atomic E-state index is -0.914. The highest BCUT2D eigenvalue weighted by atomic mass is 16.5. The zero-order valence-electron chi connectivity index (χ0n) is 13.6. The van der Waals surface area contributed by atoms with Crippen molar-refractivity contribution in [3.8, 4) is 11.5 Å². The van der Waals surface area contributed by atoms with E-state index >= 15 is 0 Å². The number of carboxylic acid groups (broad SMARTS) is 1. The lowest BCUT2D eigenvalue weighted by Crippen LogP contribution is -2.12. The standard InChI is InChI=1S/C9H11NO3.C8H9NO3/c1-2-13-9(12)10-7-3-5-8(11)6-4-7;10-7-3-1-6(2-4-7)9-5-8(11)12/h3-6,11H,2H2,1H3,(H,10,12);1-4,9-10H,5H2,(H,11,12). The van der Waals surface area contributed by atoms with E-state index in [0.29, 0.717) is 18.0 Å². The van der Waals surface area contributed by atoms with E-state index in [4.69, 9.17) is 15.3 Å². The van der Waals surface area contributed by atoms with Crippen molar-refractivity contribution in [3.05, 3.63) is 48.5 Å². The first-order valence-corrected chi connectivity index (χ1v) is 7.38. The molecule has 8 nitrogen and oxygen atoms in total. The summed E-state index contributed by atoms with van der Waals surface area (Å²) in [6, 6.07) is 12.4. The van der Waals surface area contributed by atoms with Crippen molar-refractivity contribution in [2.24, 2.45) is 0 Å². The van der Waals surface area contributed by atoms with Crippen LogP contribution in [-0.4, -0.2) is 40.5 Å². The highest BCUT2D eigenvalue weighted by molar-refractivity contribution is 5.84. The van der Waals surface area contributed by atoms with E-state index in [1.807, 2.05) is 0 Å². The molecule has 0 bridgehead atoms. The van der Waals surface area contributed by atoms with Gasteiger partial charge in [-0.1, -0.05) is 0 Å². The summed E-state index contributed by atoms with van der Waals surface area (Å²) < 4.78 is 4.66. The minimum Gasteiger partial charge on any atom is -0.508 e. The first-order valence-electron chi connectivity index (χ1n) is 7.38. The molecule has 1 amide bonds. The van der Waals surface area contributed by atoms with Crippen molar-refractivity contribution in [3.63, 3.8) is 0 Å². The van der Waals surface area contributed by atoms with Gasteiger partial charge in [-0.3, -0.25) is 10.1 Å². The molecule has 0 fully saturated rings. The maximum absolute atomic E-state index is 10.9. The van der Waals surface area contributed by atoms with Gasteiger partial charge in [0.15, 0.2) is 0 Å². The summed E-state index contributed by atoms with van der Waals surface area (Å²) in [6.45, 7) is 1.95. The number of carboxylic acids is 1. The van der Waals surface area contributed by atoms with Gasteiger partial charge in [0.2, 0.25) is 0 Å². The Bertz CT molecular complexity index is 671. The van der Waals surface area contributed by atoms with Crippen LogP contribution in [0.4, 0.5) is 16.2 Å². The van der Waals surface area contributed by atoms with Crippen molar-refractivity contribution in [2.75, 3.05) is 23.8 Å². The molecule has 0 saturated carbocycles. The first-order chi connectivity index (χ1) is 11.9. The summed E-state index contributed by atoms with van der Waals surface area (Å²) in [5.74, 6) is -0.589. The maximum atomic E-state index is 10.9. The van der Waals surface area contributed by atoms with Crippen LogP contribution in [0.2, 0.25) is 0 Å². The molecule has 25 heavy (non-hydrogen) atoms. The fourth-order valence-electron chi connectivity index (χ4n) is 1.59. The third kappa shape index (κ3) is 8.70. The van der Waals surface area contributed by atoms with Crippen molar-refractivity contribution < 1.29 is 29.6 Å². The van der Waals surface area contributed by atoms with Crippen LogP contribution < -0.4 is 10.6 Å². The Hall–Kier alpha value is -3.42. The van der Waals surface area contributed by atoms with E-state index in [9.17, 15) is 9.59 Å². The van der Waals surface area contributed by atoms with Crippen molar-refractivity contribution in [1.82, 2.24) is 0 Å². The molecule has 0 heterocycles. The number of phenolic OH excluding ortho intramolecular Hbond substituents is 2. The molecule has 0 radical (unpaired) electrons. The number of benzene rings is 2. The molecule has 2 rings (SSSR count). The summed E-state index contributed by atoms with van der Waals surface area (Å²) in [5, 5.41) is 31.3. The van der Waals surface area contributed by atoms with Crippen molar-refractivity contribution >= 4 is 23.4 Å². The number of hydrogen-bond donors (Lipinski definition) is 5. The Morgan fingerprint density at radius 2 is 1.40 bits per heavy atom. The van der Waals surface area contributed by atoms with Crippen LogP contribution in [0.25, 0.3) is 0 Å². The predicted molar refractivity (Wildman–Crippen MR) is 93.0 cm³/mol. The molecule has 8 heteroatoms. The summed E-state index contributed by atoms with van der Waals surface area (Å²) in [7, 11) is 0. The number of carbonyl (C=O) groups excluding carboxylic acids is 1. The number of nitrogens with one attached hydrogen (secondary N) is 2. The van der Waals surface area contributed by atoms with Gasteiger partial charge in [-0.25, -0.2) is 4.79 Å². The third-order valence-electron chi connectivity index (χ3n) is 2.70. The van der Waals surface area contributed by atoms with Gasteiger partial charge in [-0.15, -0.1) is 0 Å². The summed E-state index contributed by atoms with van der Waals surface area (Å²) >= 11 is 0. The molecule has 0 spiro atoms. The lowest BCUT2D eigenvalue weighted by molar-refractivity contribution is -0.134. The van der Waals surface area contributed by atoms with E-state index in [1.165, 1.54) is 24.3 Å². The Labute approximate surface area is 144 Å². The van der Waals surface area contributed by atoms with Crippen LogP contribution in [-0.2, 0) is 9.53 Å². The average molecular weight is 348 g/mol. The van der Waals surface area contributed by atoms with Crippen LogP contribution in [0.3, 0.4) is 0 Å². The minimum absolute atomic E-state index is 0.120. The fraction of sp³-hybridized carbons (Fsp3) is 0.176. The Kier molecular flexibility index (Phi) is 8.14. The van der Waals surface area contributed by atoms with E-state index in [-0.39, 0.29) is 18.0 Å².